The normalized spacial score (nSPS) is 16.5. The van der Waals surface area contributed by atoms with Gasteiger partial charge in [0.1, 0.15) is 5.82 Å². The molecule has 2 heterocycles. The summed E-state index contributed by atoms with van der Waals surface area (Å²) in [5, 5.41) is 0. The zero-order valence-corrected chi connectivity index (χ0v) is 17.4. The summed E-state index contributed by atoms with van der Waals surface area (Å²) in [6.45, 7) is 1.88. The fraction of sp³-hybridized carbons (Fsp3) is 0.333. The Morgan fingerprint density at radius 2 is 1.47 bits per heavy atom. The monoisotopic (exact) mass is 431 g/mol. The summed E-state index contributed by atoms with van der Waals surface area (Å²) >= 11 is 0. The van der Waals surface area contributed by atoms with Gasteiger partial charge in [0.2, 0.25) is 10.0 Å². The van der Waals surface area contributed by atoms with E-state index < -0.39 is 15.8 Å². The lowest BCUT2D eigenvalue weighted by Gasteiger charge is -2.35. The van der Waals surface area contributed by atoms with Crippen LogP contribution in [0.25, 0.3) is 0 Å². The maximum atomic E-state index is 13.4. The van der Waals surface area contributed by atoms with Crippen LogP contribution in [0.4, 0.5) is 10.1 Å². The largest absolute Gasteiger partial charge is 0.335 e. The van der Waals surface area contributed by atoms with Gasteiger partial charge in [-0.05, 0) is 48.4 Å². The molecule has 2 aliphatic rings. The topological polar surface area (TPSA) is 78.0 Å². The first-order valence-electron chi connectivity index (χ1n) is 9.69. The molecule has 0 aromatic heterocycles. The summed E-state index contributed by atoms with van der Waals surface area (Å²) < 4.78 is 38.5. The number of fused-ring (bicyclic) bond motifs is 1. The Hall–Kier alpha value is -2.94. The summed E-state index contributed by atoms with van der Waals surface area (Å²) in [6.07, 6.45) is 1.74. The third kappa shape index (κ3) is 3.89. The third-order valence-corrected chi connectivity index (χ3v) is 6.69. The molecule has 0 saturated carbocycles. The first-order valence-corrected chi connectivity index (χ1v) is 11.5. The average Bonchev–Trinajstić information content (AvgIpc) is 3.16. The number of hydrogen-bond donors (Lipinski definition) is 0. The smallest absolute Gasteiger partial charge is 0.254 e. The van der Waals surface area contributed by atoms with Gasteiger partial charge in [-0.15, -0.1) is 0 Å². The third-order valence-electron chi connectivity index (χ3n) is 5.51. The van der Waals surface area contributed by atoms with Gasteiger partial charge in [-0.25, -0.2) is 12.8 Å². The molecule has 2 aliphatic heterocycles. The fourth-order valence-electron chi connectivity index (χ4n) is 3.95. The molecule has 2 aromatic rings. The predicted octanol–water partition coefficient (Wildman–Crippen LogP) is 1.75. The summed E-state index contributed by atoms with van der Waals surface area (Å²) in [7, 11) is -3.33. The quantitative estimate of drug-likeness (QED) is 0.742. The number of benzene rings is 2. The highest BCUT2D eigenvalue weighted by molar-refractivity contribution is 7.92. The van der Waals surface area contributed by atoms with Crippen LogP contribution in [0.1, 0.15) is 26.3 Å². The Balaban J connectivity index is 1.42. The fourth-order valence-corrected chi connectivity index (χ4v) is 4.91. The van der Waals surface area contributed by atoms with E-state index >= 15 is 0 Å². The van der Waals surface area contributed by atoms with E-state index in [2.05, 4.69) is 0 Å². The molecule has 0 spiro atoms. The van der Waals surface area contributed by atoms with Crippen LogP contribution in [-0.4, -0.2) is 69.0 Å². The second-order valence-electron chi connectivity index (χ2n) is 7.52. The molecule has 7 nitrogen and oxygen atoms in total. The molecule has 9 heteroatoms. The molecule has 0 aliphatic carbocycles. The van der Waals surface area contributed by atoms with Gasteiger partial charge in [-0.3, -0.25) is 13.9 Å². The van der Waals surface area contributed by atoms with E-state index in [0.29, 0.717) is 56.0 Å². The van der Waals surface area contributed by atoms with Gasteiger partial charge < -0.3 is 9.80 Å². The van der Waals surface area contributed by atoms with E-state index in [0.717, 1.165) is 5.56 Å². The zero-order valence-electron chi connectivity index (χ0n) is 16.5. The molecule has 0 radical (unpaired) electrons. The van der Waals surface area contributed by atoms with E-state index in [4.69, 9.17) is 0 Å². The molecule has 2 aromatic carbocycles. The van der Waals surface area contributed by atoms with Crippen molar-refractivity contribution in [3.63, 3.8) is 0 Å². The number of anilines is 1. The number of carbonyl (C=O) groups excluding carboxylic acids is 2. The number of amides is 2. The Morgan fingerprint density at radius 3 is 2.03 bits per heavy atom. The van der Waals surface area contributed by atoms with Gasteiger partial charge in [0.25, 0.3) is 11.8 Å². The molecular formula is C21H22FN3O4S. The van der Waals surface area contributed by atoms with Crippen molar-refractivity contribution < 1.29 is 22.4 Å². The maximum Gasteiger partial charge on any atom is 0.254 e. The average molecular weight is 431 g/mol. The van der Waals surface area contributed by atoms with Crippen molar-refractivity contribution >= 4 is 27.5 Å². The summed E-state index contributed by atoms with van der Waals surface area (Å²) in [5.74, 6) is -0.853. The highest BCUT2D eigenvalue weighted by Gasteiger charge is 2.29. The second kappa shape index (κ2) is 7.71. The van der Waals surface area contributed by atoms with Crippen molar-refractivity contribution in [3.8, 4) is 0 Å². The Bertz CT molecular complexity index is 1110. The molecular weight excluding hydrogens is 409 g/mol. The van der Waals surface area contributed by atoms with E-state index in [1.54, 1.807) is 34.1 Å². The number of halogens is 1. The standard InChI is InChI=1S/C21H22FN3O4S/c1-30(28,29)25-8-7-15-13-17(5-6-19(15)25)21(27)24-11-9-23(10-12-24)20(26)16-3-2-4-18(22)14-16/h2-6,13-14H,7-12H2,1H3. The molecule has 1 fully saturated rings. The molecule has 2 amide bonds. The van der Waals surface area contributed by atoms with Crippen molar-refractivity contribution in [2.24, 2.45) is 0 Å². The van der Waals surface area contributed by atoms with Crippen molar-refractivity contribution in [2.75, 3.05) is 43.3 Å². The lowest BCUT2D eigenvalue weighted by molar-refractivity contribution is 0.0535. The SMILES string of the molecule is CS(=O)(=O)N1CCc2cc(C(=O)N3CCN(C(=O)c4cccc(F)c4)CC3)ccc21. The molecule has 30 heavy (non-hydrogen) atoms. The second-order valence-corrected chi connectivity index (χ2v) is 9.43. The van der Waals surface area contributed by atoms with Crippen LogP contribution in [0.2, 0.25) is 0 Å². The molecule has 158 valence electrons. The van der Waals surface area contributed by atoms with E-state index in [1.807, 2.05) is 0 Å². The van der Waals surface area contributed by atoms with Crippen molar-refractivity contribution in [1.29, 1.82) is 0 Å². The van der Waals surface area contributed by atoms with Crippen molar-refractivity contribution in [3.05, 3.63) is 65.0 Å². The van der Waals surface area contributed by atoms with Crippen LogP contribution in [0, 0.1) is 5.82 Å². The Morgan fingerprint density at radius 1 is 0.867 bits per heavy atom. The van der Waals surface area contributed by atoms with Crippen LogP contribution in [-0.2, 0) is 16.4 Å². The van der Waals surface area contributed by atoms with Gasteiger partial charge in [0.15, 0.2) is 0 Å². The molecule has 0 unspecified atom stereocenters. The summed E-state index contributed by atoms with van der Waals surface area (Å²) in [6, 6.07) is 10.7. The van der Waals surface area contributed by atoms with Crippen LogP contribution >= 0.6 is 0 Å². The van der Waals surface area contributed by atoms with Crippen LogP contribution in [0.3, 0.4) is 0 Å². The lowest BCUT2D eigenvalue weighted by atomic mass is 10.1. The van der Waals surface area contributed by atoms with Gasteiger partial charge in [0.05, 0.1) is 11.9 Å². The van der Waals surface area contributed by atoms with Gasteiger partial charge >= 0.3 is 0 Å². The first kappa shape index (κ1) is 20.3. The molecule has 0 bridgehead atoms. The van der Waals surface area contributed by atoms with Crippen LogP contribution < -0.4 is 4.31 Å². The minimum absolute atomic E-state index is 0.145. The van der Waals surface area contributed by atoms with Crippen molar-refractivity contribution in [2.45, 2.75) is 6.42 Å². The van der Waals surface area contributed by atoms with Crippen molar-refractivity contribution in [1.82, 2.24) is 9.80 Å². The van der Waals surface area contributed by atoms with Crippen LogP contribution in [0.5, 0.6) is 0 Å². The summed E-state index contributed by atoms with van der Waals surface area (Å²) in [4.78, 5) is 28.7. The molecule has 1 saturated heterocycles. The Labute approximate surface area is 174 Å². The first-order chi connectivity index (χ1) is 14.2. The molecule has 0 N–H and O–H groups in total. The lowest BCUT2D eigenvalue weighted by Crippen LogP contribution is -2.50. The van der Waals surface area contributed by atoms with E-state index in [-0.39, 0.29) is 11.8 Å². The highest BCUT2D eigenvalue weighted by atomic mass is 32.2. The number of carbonyl (C=O) groups is 2. The summed E-state index contributed by atoms with van der Waals surface area (Å²) in [5.41, 5.74) is 2.27. The number of sulfonamides is 1. The number of nitrogens with zero attached hydrogens (tertiary/aromatic N) is 3. The predicted molar refractivity (Wildman–Crippen MR) is 111 cm³/mol. The van der Waals surface area contributed by atoms with Gasteiger partial charge in [-0.2, -0.15) is 0 Å². The van der Waals surface area contributed by atoms with E-state index in [9.17, 15) is 22.4 Å². The minimum atomic E-state index is -3.33. The van der Waals surface area contributed by atoms with Crippen LogP contribution in [0.15, 0.2) is 42.5 Å². The van der Waals surface area contributed by atoms with Gasteiger partial charge in [0, 0.05) is 43.9 Å². The zero-order chi connectivity index (χ0) is 21.5. The Kier molecular flexibility index (Phi) is 5.23. The number of piperazine rings is 1. The van der Waals surface area contributed by atoms with E-state index in [1.165, 1.54) is 28.8 Å². The van der Waals surface area contributed by atoms with Gasteiger partial charge in [-0.1, -0.05) is 6.07 Å². The molecule has 4 rings (SSSR count). The molecule has 0 atom stereocenters. The highest BCUT2D eigenvalue weighted by Crippen LogP contribution is 2.31. The maximum absolute atomic E-state index is 13.4. The number of hydrogen-bond acceptors (Lipinski definition) is 4. The minimum Gasteiger partial charge on any atom is -0.335 e. The number of rotatable bonds is 3.